The van der Waals surface area contributed by atoms with Gasteiger partial charge >= 0.3 is 0 Å². The van der Waals surface area contributed by atoms with Crippen LogP contribution in [-0.2, 0) is 4.79 Å². The van der Waals surface area contributed by atoms with E-state index in [9.17, 15) is 4.79 Å². The molecule has 18 heavy (non-hydrogen) atoms. The second-order valence-corrected chi connectivity index (χ2v) is 6.92. The fourth-order valence-corrected chi connectivity index (χ4v) is 4.94. The van der Waals surface area contributed by atoms with Crippen LogP contribution in [0.4, 0.5) is 0 Å². The quantitative estimate of drug-likeness (QED) is 0.827. The largest absolute Gasteiger partial charge is 0.354 e. The summed E-state index contributed by atoms with van der Waals surface area (Å²) in [6, 6.07) is -0.371. The monoisotopic (exact) mass is 272 g/mol. The van der Waals surface area contributed by atoms with Crippen molar-refractivity contribution in [2.24, 2.45) is 28.9 Å². The maximum absolute atomic E-state index is 11.6. The summed E-state index contributed by atoms with van der Waals surface area (Å²) in [6.45, 7) is 2.63. The van der Waals surface area contributed by atoms with E-state index in [1.54, 1.807) is 6.92 Å². The Balaban J connectivity index is 0.00000120. The highest BCUT2D eigenvalue weighted by molar-refractivity contribution is 5.85. The van der Waals surface area contributed by atoms with Crippen LogP contribution in [0, 0.1) is 23.2 Å². The summed E-state index contributed by atoms with van der Waals surface area (Å²) >= 11 is 0. The molecule has 3 N–H and O–H groups in total. The Kier molecular flexibility index (Phi) is 3.93. The lowest BCUT2D eigenvalue weighted by atomic mass is 9.49. The molecule has 4 bridgehead atoms. The SMILES string of the molecule is C[C@@H](N)C(=O)NCC12CC3CC(CC(C3)C1)C2.Cl. The summed E-state index contributed by atoms with van der Waals surface area (Å²) in [5, 5.41) is 3.08. The second kappa shape index (κ2) is 5.01. The first-order chi connectivity index (χ1) is 8.06. The van der Waals surface area contributed by atoms with Crippen LogP contribution in [0.2, 0.25) is 0 Å². The summed E-state index contributed by atoms with van der Waals surface area (Å²) in [6.07, 6.45) is 8.41. The Bertz CT molecular complexity index is 294. The van der Waals surface area contributed by atoms with Crippen molar-refractivity contribution in [2.75, 3.05) is 6.54 Å². The molecule has 4 aliphatic carbocycles. The molecular formula is C14H25ClN2O. The number of carbonyl (C=O) groups is 1. The van der Waals surface area contributed by atoms with Gasteiger partial charge in [-0.15, -0.1) is 12.4 Å². The highest BCUT2D eigenvalue weighted by atomic mass is 35.5. The lowest BCUT2D eigenvalue weighted by molar-refractivity contribution is -0.124. The van der Waals surface area contributed by atoms with Gasteiger partial charge in [-0.05, 0) is 68.6 Å². The van der Waals surface area contributed by atoms with Gasteiger partial charge in [0.1, 0.15) is 0 Å². The average molecular weight is 273 g/mol. The minimum Gasteiger partial charge on any atom is -0.354 e. The maximum atomic E-state index is 11.6. The highest BCUT2D eigenvalue weighted by Crippen LogP contribution is 2.59. The van der Waals surface area contributed by atoms with Crippen LogP contribution in [0.1, 0.15) is 45.4 Å². The molecule has 4 saturated carbocycles. The molecule has 0 unspecified atom stereocenters. The Morgan fingerprint density at radius 3 is 2.06 bits per heavy atom. The van der Waals surface area contributed by atoms with Crippen molar-refractivity contribution in [3.05, 3.63) is 0 Å². The maximum Gasteiger partial charge on any atom is 0.236 e. The molecule has 0 aromatic heterocycles. The summed E-state index contributed by atoms with van der Waals surface area (Å²) in [7, 11) is 0. The summed E-state index contributed by atoms with van der Waals surface area (Å²) < 4.78 is 0. The fraction of sp³-hybridized carbons (Fsp3) is 0.929. The Labute approximate surface area is 116 Å². The van der Waals surface area contributed by atoms with Crippen LogP contribution in [0.25, 0.3) is 0 Å². The number of nitrogens with one attached hydrogen (secondary N) is 1. The van der Waals surface area contributed by atoms with Crippen molar-refractivity contribution in [3.8, 4) is 0 Å². The number of halogens is 1. The zero-order valence-electron chi connectivity index (χ0n) is 11.2. The van der Waals surface area contributed by atoms with E-state index in [1.807, 2.05) is 0 Å². The van der Waals surface area contributed by atoms with Crippen molar-refractivity contribution < 1.29 is 4.79 Å². The van der Waals surface area contributed by atoms with Gasteiger partial charge in [-0.2, -0.15) is 0 Å². The van der Waals surface area contributed by atoms with Crippen molar-refractivity contribution in [1.82, 2.24) is 5.32 Å². The molecule has 3 nitrogen and oxygen atoms in total. The number of rotatable bonds is 3. The van der Waals surface area contributed by atoms with Gasteiger partial charge in [0.15, 0.2) is 0 Å². The molecule has 0 radical (unpaired) electrons. The van der Waals surface area contributed by atoms with Crippen LogP contribution in [0.3, 0.4) is 0 Å². The smallest absolute Gasteiger partial charge is 0.236 e. The van der Waals surface area contributed by atoms with Gasteiger partial charge in [0, 0.05) is 6.54 Å². The average Bonchev–Trinajstić information content (AvgIpc) is 2.24. The molecule has 4 heteroatoms. The Hall–Kier alpha value is -0.280. The van der Waals surface area contributed by atoms with E-state index >= 15 is 0 Å². The van der Waals surface area contributed by atoms with E-state index in [0.717, 1.165) is 24.3 Å². The van der Waals surface area contributed by atoms with Crippen LogP contribution < -0.4 is 11.1 Å². The fourth-order valence-electron chi connectivity index (χ4n) is 4.94. The predicted molar refractivity (Wildman–Crippen MR) is 74.5 cm³/mol. The van der Waals surface area contributed by atoms with Crippen molar-refractivity contribution in [1.29, 1.82) is 0 Å². The molecule has 0 aliphatic heterocycles. The van der Waals surface area contributed by atoms with Gasteiger partial charge in [-0.25, -0.2) is 0 Å². The minimum atomic E-state index is -0.371. The second-order valence-electron chi connectivity index (χ2n) is 6.92. The molecule has 4 rings (SSSR count). The molecule has 1 atom stereocenters. The first-order valence-electron chi connectivity index (χ1n) is 7.10. The zero-order valence-corrected chi connectivity index (χ0v) is 12.0. The summed E-state index contributed by atoms with van der Waals surface area (Å²) in [5.41, 5.74) is 6.03. The molecule has 1 amide bonds. The van der Waals surface area contributed by atoms with Crippen LogP contribution in [0.15, 0.2) is 0 Å². The van der Waals surface area contributed by atoms with Gasteiger partial charge < -0.3 is 11.1 Å². The first-order valence-corrected chi connectivity index (χ1v) is 7.10. The van der Waals surface area contributed by atoms with Crippen molar-refractivity contribution in [3.63, 3.8) is 0 Å². The van der Waals surface area contributed by atoms with Gasteiger partial charge in [-0.1, -0.05) is 0 Å². The zero-order chi connectivity index (χ0) is 12.0. The standard InChI is InChI=1S/C14H24N2O.ClH/c1-9(15)13(17)16-8-14-5-10-2-11(6-14)4-12(3-10)7-14;/h9-12H,2-8,15H2,1H3,(H,16,17);1H/t9-,10?,11?,12?,14?;/m1./s1. The number of amides is 1. The molecule has 0 saturated heterocycles. The Morgan fingerprint density at radius 2 is 1.67 bits per heavy atom. The van der Waals surface area contributed by atoms with Crippen molar-refractivity contribution >= 4 is 18.3 Å². The van der Waals surface area contributed by atoms with Crippen molar-refractivity contribution in [2.45, 2.75) is 51.5 Å². The third-order valence-electron chi connectivity index (χ3n) is 5.22. The van der Waals surface area contributed by atoms with Crippen LogP contribution in [0.5, 0.6) is 0 Å². The first kappa shape index (κ1) is 14.1. The summed E-state index contributed by atoms with van der Waals surface area (Å²) in [5.74, 6) is 2.87. The van der Waals surface area contributed by atoms with E-state index in [1.165, 1.54) is 38.5 Å². The summed E-state index contributed by atoms with van der Waals surface area (Å²) in [4.78, 5) is 11.6. The highest BCUT2D eigenvalue weighted by Gasteiger charge is 2.50. The molecule has 4 aliphatic rings. The van der Waals surface area contributed by atoms with E-state index in [4.69, 9.17) is 5.73 Å². The normalized spacial score (nSPS) is 42.2. The predicted octanol–water partition coefficient (Wildman–Crippen LogP) is 2.09. The van der Waals surface area contributed by atoms with E-state index in [2.05, 4.69) is 5.32 Å². The van der Waals surface area contributed by atoms with Gasteiger partial charge in [-0.3, -0.25) is 4.79 Å². The molecule has 0 heterocycles. The van der Waals surface area contributed by atoms with Crippen LogP contribution in [-0.4, -0.2) is 18.5 Å². The molecule has 0 spiro atoms. The molecule has 4 fully saturated rings. The van der Waals surface area contributed by atoms with Crippen LogP contribution >= 0.6 is 12.4 Å². The molecule has 0 aromatic rings. The van der Waals surface area contributed by atoms with Gasteiger partial charge in [0.2, 0.25) is 5.91 Å². The molecule has 104 valence electrons. The third kappa shape index (κ3) is 2.53. The topological polar surface area (TPSA) is 55.1 Å². The molecule has 0 aromatic carbocycles. The number of hydrogen-bond donors (Lipinski definition) is 2. The van der Waals surface area contributed by atoms with E-state index in [-0.39, 0.29) is 24.4 Å². The molecular weight excluding hydrogens is 248 g/mol. The van der Waals surface area contributed by atoms with Gasteiger partial charge in [0.05, 0.1) is 6.04 Å². The van der Waals surface area contributed by atoms with E-state index in [0.29, 0.717) is 5.41 Å². The van der Waals surface area contributed by atoms with E-state index < -0.39 is 0 Å². The van der Waals surface area contributed by atoms with Gasteiger partial charge in [0.25, 0.3) is 0 Å². The Morgan fingerprint density at radius 1 is 1.22 bits per heavy atom. The third-order valence-corrected chi connectivity index (χ3v) is 5.22. The number of hydrogen-bond acceptors (Lipinski definition) is 2. The lowest BCUT2D eigenvalue weighted by Crippen LogP contribution is -2.52. The minimum absolute atomic E-state index is 0. The lowest BCUT2D eigenvalue weighted by Gasteiger charge is -2.57. The number of carbonyl (C=O) groups excluding carboxylic acids is 1. The number of nitrogens with two attached hydrogens (primary N) is 1.